The van der Waals surface area contributed by atoms with E-state index in [0.717, 1.165) is 37.7 Å². The van der Waals surface area contributed by atoms with Crippen LogP contribution in [-0.2, 0) is 9.53 Å². The van der Waals surface area contributed by atoms with Crippen LogP contribution in [-0.4, -0.2) is 63.4 Å². The summed E-state index contributed by atoms with van der Waals surface area (Å²) >= 11 is 1.77. The van der Waals surface area contributed by atoms with Crippen LogP contribution in [0.4, 0.5) is 0 Å². The molecule has 0 amide bonds. The third kappa shape index (κ3) is 3.91. The number of esters is 1. The third-order valence-electron chi connectivity index (χ3n) is 11.7. The number of fused-ring (bicyclic) bond motifs is 2. The molecule has 2 saturated carbocycles. The Morgan fingerprint density at radius 2 is 1.86 bits per heavy atom. The second-order valence-corrected chi connectivity index (χ2v) is 14.6. The van der Waals surface area contributed by atoms with E-state index in [1.54, 1.807) is 11.8 Å². The van der Waals surface area contributed by atoms with Crippen molar-refractivity contribution in [1.29, 1.82) is 0 Å². The van der Waals surface area contributed by atoms with Crippen LogP contribution >= 0.6 is 11.8 Å². The van der Waals surface area contributed by atoms with Crippen molar-refractivity contribution in [2.24, 2.45) is 28.1 Å². The summed E-state index contributed by atoms with van der Waals surface area (Å²) in [6, 6.07) is 1.32. The van der Waals surface area contributed by atoms with Crippen LogP contribution in [0.1, 0.15) is 85.5 Å². The molecule has 5 rings (SSSR count). The van der Waals surface area contributed by atoms with E-state index in [9.17, 15) is 15.0 Å². The molecule has 0 aromatic rings. The highest BCUT2D eigenvalue weighted by Gasteiger charge is 2.64. The van der Waals surface area contributed by atoms with Crippen LogP contribution in [0.2, 0.25) is 0 Å². The molecule has 9 atom stereocenters. The molecule has 0 aromatic carbocycles. The molecule has 0 radical (unpaired) electrons. The van der Waals surface area contributed by atoms with E-state index >= 15 is 0 Å². The quantitative estimate of drug-likeness (QED) is 0.351. The molecule has 0 spiro atoms. The van der Waals surface area contributed by atoms with Gasteiger partial charge >= 0.3 is 5.97 Å². The van der Waals surface area contributed by atoms with E-state index in [0.29, 0.717) is 41.7 Å². The first-order valence-electron chi connectivity index (χ1n) is 14.2. The summed E-state index contributed by atoms with van der Waals surface area (Å²) in [6.45, 7) is 12.8. The summed E-state index contributed by atoms with van der Waals surface area (Å²) in [4.78, 5) is 15.9. The predicted molar refractivity (Wildman–Crippen MR) is 146 cm³/mol. The van der Waals surface area contributed by atoms with Gasteiger partial charge in [0.25, 0.3) is 0 Å². The number of carbonyl (C=O) groups excluding carboxylic acids is 1. The maximum atomic E-state index is 13.4. The lowest BCUT2D eigenvalue weighted by molar-refractivity contribution is -0.168. The molecule has 5 aliphatic rings. The highest BCUT2D eigenvalue weighted by atomic mass is 32.2. The Kier molecular flexibility index (Phi) is 6.91. The van der Waals surface area contributed by atoms with E-state index in [1.807, 2.05) is 6.08 Å². The van der Waals surface area contributed by atoms with Crippen LogP contribution in [0.15, 0.2) is 24.0 Å². The summed E-state index contributed by atoms with van der Waals surface area (Å²) in [5.74, 6) is 0.955. The molecule has 2 aliphatic heterocycles. The number of aliphatic hydroxyl groups is 2. The normalized spacial score (nSPS) is 48.8. The lowest BCUT2D eigenvalue weighted by Gasteiger charge is -2.60. The predicted octanol–water partition coefficient (Wildman–Crippen LogP) is 5.88. The van der Waals surface area contributed by atoms with Crippen molar-refractivity contribution in [2.75, 3.05) is 12.8 Å². The second-order valence-electron chi connectivity index (χ2n) is 13.3. The molecule has 4 fully saturated rings. The van der Waals surface area contributed by atoms with Crippen molar-refractivity contribution >= 4 is 17.7 Å². The number of ether oxygens (including phenoxy) is 1. The summed E-state index contributed by atoms with van der Waals surface area (Å²) < 4.78 is 6.43. The fourth-order valence-electron chi connectivity index (χ4n) is 9.01. The van der Waals surface area contributed by atoms with E-state index in [1.165, 1.54) is 12.8 Å². The topological polar surface area (TPSA) is 70.0 Å². The zero-order chi connectivity index (χ0) is 26.0. The zero-order valence-electron chi connectivity index (χ0n) is 23.0. The first-order valence-corrected chi connectivity index (χ1v) is 15.3. The van der Waals surface area contributed by atoms with Gasteiger partial charge in [0.1, 0.15) is 6.10 Å². The highest BCUT2D eigenvalue weighted by molar-refractivity contribution is 8.00. The second kappa shape index (κ2) is 9.34. The third-order valence-corrected chi connectivity index (χ3v) is 13.0. The minimum atomic E-state index is -0.612. The maximum absolute atomic E-state index is 13.4. The summed E-state index contributed by atoms with van der Waals surface area (Å²) in [7, 11) is 2.25. The molecule has 2 heterocycles. The number of allylic oxidation sites excluding steroid dienone is 1. The van der Waals surface area contributed by atoms with Crippen LogP contribution in [0.3, 0.4) is 0 Å². The molecule has 2 saturated heterocycles. The van der Waals surface area contributed by atoms with Gasteiger partial charge in [-0.3, -0.25) is 4.79 Å². The average molecular weight is 518 g/mol. The van der Waals surface area contributed by atoms with Gasteiger partial charge in [0.15, 0.2) is 0 Å². The van der Waals surface area contributed by atoms with Gasteiger partial charge in [-0.25, -0.2) is 0 Å². The van der Waals surface area contributed by atoms with Gasteiger partial charge < -0.3 is 19.8 Å². The Bertz CT molecular complexity index is 922. The van der Waals surface area contributed by atoms with Gasteiger partial charge in [-0.15, -0.1) is 18.3 Å². The number of carbonyl (C=O) groups is 1. The van der Waals surface area contributed by atoms with Gasteiger partial charge in [0.2, 0.25) is 0 Å². The number of thioether (sulfide) groups is 1. The smallest absolute Gasteiger partial charge is 0.316 e. The Morgan fingerprint density at radius 1 is 1.19 bits per heavy atom. The lowest BCUT2D eigenvalue weighted by atomic mass is 9.46. The monoisotopic (exact) mass is 517 g/mol. The number of hydrogen-bond donors (Lipinski definition) is 2. The van der Waals surface area contributed by atoms with Gasteiger partial charge in [-0.1, -0.05) is 33.8 Å². The molecule has 5 nitrogen and oxygen atoms in total. The number of rotatable bonds is 5. The molecule has 202 valence electrons. The molecular weight excluding hydrogens is 470 g/mol. The van der Waals surface area contributed by atoms with Crippen molar-refractivity contribution in [2.45, 2.75) is 115 Å². The number of piperidine rings is 1. The number of aliphatic hydroxyl groups excluding tert-OH is 2. The first kappa shape index (κ1) is 26.6. The van der Waals surface area contributed by atoms with Crippen molar-refractivity contribution in [3.05, 3.63) is 24.0 Å². The van der Waals surface area contributed by atoms with Gasteiger partial charge in [0, 0.05) is 40.0 Å². The van der Waals surface area contributed by atoms with Crippen LogP contribution in [0.5, 0.6) is 0 Å². The fourth-order valence-corrected chi connectivity index (χ4v) is 10.2. The minimum Gasteiger partial charge on any atom is -0.512 e. The van der Waals surface area contributed by atoms with Crippen molar-refractivity contribution in [3.63, 3.8) is 0 Å². The SMILES string of the molecule is C=CC1(C)CC(OC(=O)CSC2CC3CCC(C2)N3C)C2(C)C3=C(O)CC[C@@]3(CCC2C)C(C)C1O. The Hall–Kier alpha value is -0.980. The average Bonchev–Trinajstić information content (AvgIpc) is 3.28. The molecule has 3 aliphatic carbocycles. The van der Waals surface area contributed by atoms with E-state index in [2.05, 4.69) is 46.2 Å². The molecule has 6 heteroatoms. The summed E-state index contributed by atoms with van der Waals surface area (Å²) in [5, 5.41) is 23.4. The fraction of sp³-hybridized carbons (Fsp3) is 0.833. The Labute approximate surface area is 222 Å². The van der Waals surface area contributed by atoms with E-state index < -0.39 is 23.0 Å². The number of nitrogens with zero attached hydrogens (tertiary/aromatic N) is 1. The molecular formula is C30H47NO4S. The lowest BCUT2D eigenvalue weighted by Crippen LogP contribution is -2.59. The summed E-state index contributed by atoms with van der Waals surface area (Å²) in [6.07, 6.45) is 9.73. The largest absolute Gasteiger partial charge is 0.512 e. The van der Waals surface area contributed by atoms with Crippen LogP contribution in [0, 0.1) is 28.1 Å². The highest BCUT2D eigenvalue weighted by Crippen LogP contribution is 2.68. The van der Waals surface area contributed by atoms with Crippen molar-refractivity contribution in [3.8, 4) is 0 Å². The van der Waals surface area contributed by atoms with Gasteiger partial charge in [0.05, 0.1) is 17.6 Å². The van der Waals surface area contributed by atoms with Crippen LogP contribution < -0.4 is 0 Å². The minimum absolute atomic E-state index is 0.000940. The maximum Gasteiger partial charge on any atom is 0.316 e. The van der Waals surface area contributed by atoms with Gasteiger partial charge in [-0.05, 0) is 75.8 Å². The zero-order valence-corrected chi connectivity index (χ0v) is 23.8. The van der Waals surface area contributed by atoms with Crippen molar-refractivity contribution < 1.29 is 19.7 Å². The van der Waals surface area contributed by atoms with E-state index in [-0.39, 0.29) is 23.2 Å². The standard InChI is InChI=1S/C30H47NO4S/c1-7-28(4)16-24(35-25(33)17-36-22-14-20-8-9-21(15-22)31(20)6)29(5)18(2)10-12-30(19(3)27(28)34)13-11-23(32)26(29)30/h7,18-22,24,27,32,34H,1,8-17H2,2-6H3/t18?,19?,20?,21?,22?,24?,27?,28?,29?,30-/m0/s1. The molecule has 4 bridgehead atoms. The molecule has 8 unspecified atom stereocenters. The molecule has 0 aromatic heterocycles. The van der Waals surface area contributed by atoms with Crippen molar-refractivity contribution in [1.82, 2.24) is 4.90 Å². The molecule has 2 N–H and O–H groups in total. The van der Waals surface area contributed by atoms with Crippen LogP contribution in [0.25, 0.3) is 0 Å². The van der Waals surface area contributed by atoms with Gasteiger partial charge in [-0.2, -0.15) is 0 Å². The Morgan fingerprint density at radius 3 is 2.50 bits per heavy atom. The van der Waals surface area contributed by atoms with E-state index in [4.69, 9.17) is 4.74 Å². The molecule has 36 heavy (non-hydrogen) atoms. The first-order chi connectivity index (χ1) is 17.0. The summed E-state index contributed by atoms with van der Waals surface area (Å²) in [5.41, 5.74) is -0.198. The Balaban J connectivity index is 1.41. The number of hydrogen-bond acceptors (Lipinski definition) is 6.